The van der Waals surface area contributed by atoms with Crippen molar-refractivity contribution in [3.63, 3.8) is 0 Å². The third kappa shape index (κ3) is 2.73. The van der Waals surface area contributed by atoms with E-state index in [4.69, 9.17) is 4.74 Å². The number of hydrogen-bond donors (Lipinski definition) is 2. The van der Waals surface area contributed by atoms with Crippen LogP contribution >= 0.6 is 0 Å². The second-order valence-corrected chi connectivity index (χ2v) is 3.60. The van der Waals surface area contributed by atoms with Crippen molar-refractivity contribution in [3.05, 3.63) is 0 Å². The largest absolute Gasteiger partial charge is 0.393 e. The SMILES string of the molecule is COCC(O)CC1CCCC1O. The molecule has 3 unspecified atom stereocenters. The Bertz CT molecular complexity index is 127. The van der Waals surface area contributed by atoms with Gasteiger partial charge in [0.2, 0.25) is 0 Å². The van der Waals surface area contributed by atoms with Gasteiger partial charge in [-0.1, -0.05) is 6.42 Å². The maximum absolute atomic E-state index is 9.45. The van der Waals surface area contributed by atoms with Crippen LogP contribution in [-0.2, 0) is 4.74 Å². The van der Waals surface area contributed by atoms with Gasteiger partial charge >= 0.3 is 0 Å². The minimum atomic E-state index is -0.409. The van der Waals surface area contributed by atoms with E-state index in [0.29, 0.717) is 13.0 Å². The van der Waals surface area contributed by atoms with Crippen molar-refractivity contribution in [2.75, 3.05) is 13.7 Å². The zero-order chi connectivity index (χ0) is 8.97. The van der Waals surface area contributed by atoms with Crippen molar-refractivity contribution in [1.29, 1.82) is 0 Å². The molecule has 0 aromatic carbocycles. The summed E-state index contributed by atoms with van der Waals surface area (Å²) in [5, 5.41) is 18.8. The van der Waals surface area contributed by atoms with Crippen LogP contribution in [0.1, 0.15) is 25.7 Å². The fraction of sp³-hybridized carbons (Fsp3) is 1.00. The van der Waals surface area contributed by atoms with Crippen LogP contribution < -0.4 is 0 Å². The minimum Gasteiger partial charge on any atom is -0.393 e. The van der Waals surface area contributed by atoms with Gasteiger partial charge in [-0.2, -0.15) is 0 Å². The van der Waals surface area contributed by atoms with Crippen LogP contribution in [0.5, 0.6) is 0 Å². The Morgan fingerprint density at radius 1 is 1.50 bits per heavy atom. The predicted octanol–water partition coefficient (Wildman–Crippen LogP) is 0.545. The maximum Gasteiger partial charge on any atom is 0.0777 e. The molecule has 1 saturated carbocycles. The summed E-state index contributed by atoms with van der Waals surface area (Å²) in [6, 6.07) is 0. The van der Waals surface area contributed by atoms with Crippen LogP contribution in [-0.4, -0.2) is 36.1 Å². The molecule has 1 aliphatic rings. The summed E-state index contributed by atoms with van der Waals surface area (Å²) in [6.07, 6.45) is 3.09. The smallest absolute Gasteiger partial charge is 0.0777 e. The highest BCUT2D eigenvalue weighted by Gasteiger charge is 2.26. The van der Waals surface area contributed by atoms with Crippen molar-refractivity contribution in [2.45, 2.75) is 37.9 Å². The lowest BCUT2D eigenvalue weighted by Crippen LogP contribution is -2.23. The van der Waals surface area contributed by atoms with E-state index in [1.54, 1.807) is 7.11 Å². The van der Waals surface area contributed by atoms with Crippen molar-refractivity contribution >= 4 is 0 Å². The fourth-order valence-corrected chi connectivity index (χ4v) is 1.90. The number of hydrogen-bond acceptors (Lipinski definition) is 3. The molecule has 1 rings (SSSR count). The quantitative estimate of drug-likeness (QED) is 0.654. The second kappa shape index (κ2) is 4.80. The molecule has 0 aromatic rings. The van der Waals surface area contributed by atoms with Crippen LogP contribution in [0.15, 0.2) is 0 Å². The lowest BCUT2D eigenvalue weighted by molar-refractivity contribution is 0.0291. The Hall–Kier alpha value is -0.120. The first-order chi connectivity index (χ1) is 5.74. The molecule has 2 N–H and O–H groups in total. The van der Waals surface area contributed by atoms with E-state index in [2.05, 4.69) is 0 Å². The number of methoxy groups -OCH3 is 1. The zero-order valence-electron chi connectivity index (χ0n) is 7.57. The van der Waals surface area contributed by atoms with Gasteiger partial charge < -0.3 is 14.9 Å². The van der Waals surface area contributed by atoms with Gasteiger partial charge in [0.05, 0.1) is 18.8 Å². The molecule has 72 valence electrons. The molecule has 0 aliphatic heterocycles. The van der Waals surface area contributed by atoms with Gasteiger partial charge in [-0.05, 0) is 25.2 Å². The van der Waals surface area contributed by atoms with Crippen LogP contribution in [0, 0.1) is 5.92 Å². The van der Waals surface area contributed by atoms with Crippen molar-refractivity contribution in [1.82, 2.24) is 0 Å². The second-order valence-electron chi connectivity index (χ2n) is 3.60. The summed E-state index contributed by atoms with van der Waals surface area (Å²) >= 11 is 0. The minimum absolute atomic E-state index is 0.198. The Labute approximate surface area is 73.4 Å². The van der Waals surface area contributed by atoms with Crippen molar-refractivity contribution in [2.24, 2.45) is 5.92 Å². The summed E-state index contributed by atoms with van der Waals surface area (Å²) in [4.78, 5) is 0. The molecule has 1 fully saturated rings. The average molecular weight is 174 g/mol. The molecule has 0 radical (unpaired) electrons. The topological polar surface area (TPSA) is 49.7 Å². The first kappa shape index (κ1) is 9.96. The van der Waals surface area contributed by atoms with Crippen LogP contribution in [0.2, 0.25) is 0 Å². The number of rotatable bonds is 4. The summed E-state index contributed by atoms with van der Waals surface area (Å²) in [5.41, 5.74) is 0. The highest BCUT2D eigenvalue weighted by molar-refractivity contribution is 4.78. The molecular weight excluding hydrogens is 156 g/mol. The van der Waals surface area contributed by atoms with Crippen LogP contribution in [0.3, 0.4) is 0 Å². The van der Waals surface area contributed by atoms with Gasteiger partial charge in [-0.3, -0.25) is 0 Å². The summed E-state index contributed by atoms with van der Waals surface area (Å²) in [7, 11) is 1.58. The average Bonchev–Trinajstić information content (AvgIpc) is 2.37. The van der Waals surface area contributed by atoms with E-state index in [9.17, 15) is 10.2 Å². The molecule has 0 heterocycles. The highest BCUT2D eigenvalue weighted by Crippen LogP contribution is 2.29. The molecule has 3 nitrogen and oxygen atoms in total. The lowest BCUT2D eigenvalue weighted by atomic mass is 9.98. The Kier molecular flexibility index (Phi) is 3.98. The molecule has 0 aromatic heterocycles. The molecular formula is C9H18O3. The van der Waals surface area contributed by atoms with Gasteiger partial charge in [0.15, 0.2) is 0 Å². The van der Waals surface area contributed by atoms with Gasteiger partial charge in [0.1, 0.15) is 0 Å². The normalized spacial score (nSPS) is 32.2. The van der Waals surface area contributed by atoms with Gasteiger partial charge in [0, 0.05) is 7.11 Å². The summed E-state index contributed by atoms with van der Waals surface area (Å²) in [5.74, 6) is 0.287. The third-order valence-electron chi connectivity index (χ3n) is 2.55. The highest BCUT2D eigenvalue weighted by atomic mass is 16.5. The van der Waals surface area contributed by atoms with E-state index in [0.717, 1.165) is 19.3 Å². The van der Waals surface area contributed by atoms with Crippen LogP contribution in [0.4, 0.5) is 0 Å². The molecule has 3 heteroatoms. The Morgan fingerprint density at radius 2 is 2.25 bits per heavy atom. The number of ether oxygens (including phenoxy) is 1. The van der Waals surface area contributed by atoms with E-state index in [1.165, 1.54) is 0 Å². The van der Waals surface area contributed by atoms with E-state index >= 15 is 0 Å². The molecule has 12 heavy (non-hydrogen) atoms. The molecule has 0 saturated heterocycles. The molecule has 0 spiro atoms. The fourth-order valence-electron chi connectivity index (χ4n) is 1.90. The van der Waals surface area contributed by atoms with Crippen molar-refractivity contribution < 1.29 is 14.9 Å². The van der Waals surface area contributed by atoms with E-state index in [1.807, 2.05) is 0 Å². The molecule has 0 bridgehead atoms. The Balaban J connectivity index is 2.20. The molecule has 3 atom stereocenters. The molecule has 1 aliphatic carbocycles. The summed E-state index contributed by atoms with van der Waals surface area (Å²) < 4.78 is 4.82. The van der Waals surface area contributed by atoms with Crippen LogP contribution in [0.25, 0.3) is 0 Å². The maximum atomic E-state index is 9.45. The Morgan fingerprint density at radius 3 is 2.75 bits per heavy atom. The van der Waals surface area contributed by atoms with E-state index < -0.39 is 6.10 Å². The number of aliphatic hydroxyl groups excluding tert-OH is 2. The van der Waals surface area contributed by atoms with Gasteiger partial charge in [0.25, 0.3) is 0 Å². The third-order valence-corrected chi connectivity index (χ3v) is 2.55. The summed E-state index contributed by atoms with van der Waals surface area (Å²) in [6.45, 7) is 0.378. The predicted molar refractivity (Wildman–Crippen MR) is 45.8 cm³/mol. The zero-order valence-corrected chi connectivity index (χ0v) is 7.57. The monoisotopic (exact) mass is 174 g/mol. The number of aliphatic hydroxyl groups is 2. The standard InChI is InChI=1S/C9H18O3/c1-12-6-8(10)5-7-3-2-4-9(7)11/h7-11H,2-6H2,1H3. The van der Waals surface area contributed by atoms with E-state index in [-0.39, 0.29) is 12.0 Å². The first-order valence-corrected chi connectivity index (χ1v) is 4.59. The lowest BCUT2D eigenvalue weighted by Gasteiger charge is -2.17. The first-order valence-electron chi connectivity index (χ1n) is 4.59. The van der Waals surface area contributed by atoms with Gasteiger partial charge in [-0.25, -0.2) is 0 Å². The van der Waals surface area contributed by atoms with Gasteiger partial charge in [-0.15, -0.1) is 0 Å². The molecule has 0 amide bonds. The van der Waals surface area contributed by atoms with Crippen molar-refractivity contribution in [3.8, 4) is 0 Å².